The predicted molar refractivity (Wildman–Crippen MR) is 71.7 cm³/mol. The quantitative estimate of drug-likeness (QED) is 0.790. The number of hydrogen-bond donors (Lipinski definition) is 1. The molecule has 1 aromatic carbocycles. The normalized spacial score (nSPS) is 12.5. The standard InChI is InChI=1S/C14H23NO2/c1-11(2)9-17-14-7-5-6-13(8-14)15-12(3)10-16-4/h5-8,11-12,15H,9-10H2,1-4H3. The van der Waals surface area contributed by atoms with Crippen molar-refractivity contribution in [2.45, 2.75) is 26.8 Å². The maximum absolute atomic E-state index is 5.68. The van der Waals surface area contributed by atoms with Crippen molar-refractivity contribution in [2.24, 2.45) is 5.92 Å². The van der Waals surface area contributed by atoms with E-state index in [0.29, 0.717) is 18.6 Å². The number of ether oxygens (including phenoxy) is 2. The van der Waals surface area contributed by atoms with Crippen molar-refractivity contribution in [2.75, 3.05) is 25.6 Å². The Balaban J connectivity index is 2.53. The molecule has 17 heavy (non-hydrogen) atoms. The first-order chi connectivity index (χ1) is 8.11. The van der Waals surface area contributed by atoms with Gasteiger partial charge in [0.25, 0.3) is 0 Å². The molecule has 0 radical (unpaired) electrons. The second kappa shape index (κ2) is 7.17. The van der Waals surface area contributed by atoms with E-state index in [1.807, 2.05) is 24.3 Å². The molecule has 1 N–H and O–H groups in total. The van der Waals surface area contributed by atoms with Crippen LogP contribution < -0.4 is 10.1 Å². The summed E-state index contributed by atoms with van der Waals surface area (Å²) in [5.74, 6) is 1.45. The van der Waals surface area contributed by atoms with Gasteiger partial charge in [-0.25, -0.2) is 0 Å². The largest absolute Gasteiger partial charge is 0.493 e. The Labute approximate surface area is 104 Å². The van der Waals surface area contributed by atoms with E-state index in [4.69, 9.17) is 9.47 Å². The molecule has 0 bridgehead atoms. The highest BCUT2D eigenvalue weighted by Crippen LogP contribution is 2.18. The zero-order valence-corrected chi connectivity index (χ0v) is 11.2. The third-order valence-corrected chi connectivity index (χ3v) is 2.25. The van der Waals surface area contributed by atoms with Gasteiger partial charge in [0, 0.05) is 24.9 Å². The fourth-order valence-electron chi connectivity index (χ4n) is 1.51. The number of methoxy groups -OCH3 is 1. The molecule has 0 amide bonds. The van der Waals surface area contributed by atoms with E-state index in [2.05, 4.69) is 26.1 Å². The third-order valence-electron chi connectivity index (χ3n) is 2.25. The van der Waals surface area contributed by atoms with Crippen molar-refractivity contribution in [1.29, 1.82) is 0 Å². The first-order valence-electron chi connectivity index (χ1n) is 6.10. The number of anilines is 1. The molecular formula is C14H23NO2. The molecule has 3 nitrogen and oxygen atoms in total. The van der Waals surface area contributed by atoms with Gasteiger partial charge in [0.05, 0.1) is 13.2 Å². The maximum atomic E-state index is 5.68. The third kappa shape index (κ3) is 5.59. The molecule has 0 aliphatic carbocycles. The van der Waals surface area contributed by atoms with Crippen LogP contribution in [0.25, 0.3) is 0 Å². The van der Waals surface area contributed by atoms with Crippen LogP contribution in [0.2, 0.25) is 0 Å². The fourth-order valence-corrected chi connectivity index (χ4v) is 1.51. The topological polar surface area (TPSA) is 30.5 Å². The second-order valence-electron chi connectivity index (χ2n) is 4.73. The van der Waals surface area contributed by atoms with Gasteiger partial charge < -0.3 is 14.8 Å². The van der Waals surface area contributed by atoms with Crippen LogP contribution in [0.5, 0.6) is 5.75 Å². The zero-order chi connectivity index (χ0) is 12.7. The minimum absolute atomic E-state index is 0.292. The molecule has 0 fully saturated rings. The summed E-state index contributed by atoms with van der Waals surface area (Å²) in [6.07, 6.45) is 0. The predicted octanol–water partition coefficient (Wildman–Crippen LogP) is 3.17. The molecule has 0 spiro atoms. The number of nitrogens with one attached hydrogen (secondary N) is 1. The highest BCUT2D eigenvalue weighted by atomic mass is 16.5. The lowest BCUT2D eigenvalue weighted by atomic mass is 10.2. The molecule has 0 aromatic heterocycles. The summed E-state index contributed by atoms with van der Waals surface area (Å²) in [5.41, 5.74) is 1.07. The van der Waals surface area contributed by atoms with Gasteiger partial charge in [0.1, 0.15) is 5.75 Å². The molecule has 0 aliphatic heterocycles. The average molecular weight is 237 g/mol. The van der Waals surface area contributed by atoms with Crippen LogP contribution in [0.4, 0.5) is 5.69 Å². The van der Waals surface area contributed by atoms with Crippen molar-refractivity contribution < 1.29 is 9.47 Å². The molecule has 1 rings (SSSR count). The molecule has 0 aliphatic rings. The van der Waals surface area contributed by atoms with Crippen LogP contribution in [-0.2, 0) is 4.74 Å². The Kier molecular flexibility index (Phi) is 5.84. The smallest absolute Gasteiger partial charge is 0.121 e. The molecule has 3 heteroatoms. The van der Waals surface area contributed by atoms with E-state index in [1.54, 1.807) is 7.11 Å². The Morgan fingerprint density at radius 1 is 1.18 bits per heavy atom. The van der Waals surface area contributed by atoms with Crippen LogP contribution in [-0.4, -0.2) is 26.4 Å². The van der Waals surface area contributed by atoms with Crippen LogP contribution in [0.3, 0.4) is 0 Å². The highest BCUT2D eigenvalue weighted by Gasteiger charge is 2.03. The van der Waals surface area contributed by atoms with E-state index in [-0.39, 0.29) is 0 Å². The van der Waals surface area contributed by atoms with Crippen LogP contribution >= 0.6 is 0 Å². The van der Waals surface area contributed by atoms with Crippen molar-refractivity contribution in [3.05, 3.63) is 24.3 Å². The van der Waals surface area contributed by atoms with Crippen molar-refractivity contribution in [1.82, 2.24) is 0 Å². The number of rotatable bonds is 7. The lowest BCUT2D eigenvalue weighted by Gasteiger charge is -2.15. The van der Waals surface area contributed by atoms with E-state index in [0.717, 1.165) is 18.0 Å². The van der Waals surface area contributed by atoms with Crippen LogP contribution in [0.15, 0.2) is 24.3 Å². The van der Waals surface area contributed by atoms with Crippen molar-refractivity contribution in [3.8, 4) is 5.75 Å². The number of hydrogen-bond acceptors (Lipinski definition) is 3. The van der Waals surface area contributed by atoms with Gasteiger partial charge in [0.2, 0.25) is 0 Å². The summed E-state index contributed by atoms with van der Waals surface area (Å²) in [7, 11) is 1.71. The average Bonchev–Trinajstić information content (AvgIpc) is 2.27. The Morgan fingerprint density at radius 3 is 2.59 bits per heavy atom. The molecule has 0 saturated heterocycles. The molecule has 1 aromatic rings. The minimum Gasteiger partial charge on any atom is -0.493 e. The molecule has 0 saturated carbocycles. The summed E-state index contributed by atoms with van der Waals surface area (Å²) in [6, 6.07) is 8.33. The van der Waals surface area contributed by atoms with Gasteiger partial charge >= 0.3 is 0 Å². The van der Waals surface area contributed by atoms with Gasteiger partial charge in [-0.15, -0.1) is 0 Å². The number of benzene rings is 1. The van der Waals surface area contributed by atoms with Crippen LogP contribution in [0, 0.1) is 5.92 Å². The Morgan fingerprint density at radius 2 is 1.94 bits per heavy atom. The van der Waals surface area contributed by atoms with E-state index >= 15 is 0 Å². The Bertz CT molecular complexity index is 326. The summed E-state index contributed by atoms with van der Waals surface area (Å²) < 4.78 is 10.8. The molecular weight excluding hydrogens is 214 g/mol. The van der Waals surface area contributed by atoms with Crippen LogP contribution in [0.1, 0.15) is 20.8 Å². The molecule has 96 valence electrons. The van der Waals surface area contributed by atoms with Gasteiger partial charge in [-0.1, -0.05) is 19.9 Å². The molecule has 0 heterocycles. The summed E-state index contributed by atoms with van der Waals surface area (Å²) in [6.45, 7) is 7.81. The zero-order valence-electron chi connectivity index (χ0n) is 11.2. The van der Waals surface area contributed by atoms with E-state index < -0.39 is 0 Å². The van der Waals surface area contributed by atoms with Crippen molar-refractivity contribution in [3.63, 3.8) is 0 Å². The monoisotopic (exact) mass is 237 g/mol. The first-order valence-corrected chi connectivity index (χ1v) is 6.10. The van der Waals surface area contributed by atoms with E-state index in [1.165, 1.54) is 0 Å². The van der Waals surface area contributed by atoms with Crippen molar-refractivity contribution >= 4 is 5.69 Å². The molecule has 1 atom stereocenters. The fraction of sp³-hybridized carbons (Fsp3) is 0.571. The summed E-state index contributed by atoms with van der Waals surface area (Å²) >= 11 is 0. The van der Waals surface area contributed by atoms with Gasteiger partial charge in [0.15, 0.2) is 0 Å². The maximum Gasteiger partial charge on any atom is 0.121 e. The first kappa shape index (κ1) is 13.8. The van der Waals surface area contributed by atoms with Gasteiger partial charge in [-0.2, -0.15) is 0 Å². The van der Waals surface area contributed by atoms with Gasteiger partial charge in [-0.3, -0.25) is 0 Å². The lowest BCUT2D eigenvalue weighted by Crippen LogP contribution is -2.20. The van der Waals surface area contributed by atoms with Gasteiger partial charge in [-0.05, 0) is 25.0 Å². The lowest BCUT2D eigenvalue weighted by molar-refractivity contribution is 0.190. The SMILES string of the molecule is COCC(C)Nc1cccc(OCC(C)C)c1. The Hall–Kier alpha value is -1.22. The highest BCUT2D eigenvalue weighted by molar-refractivity contribution is 5.48. The minimum atomic E-state index is 0.292. The summed E-state index contributed by atoms with van der Waals surface area (Å²) in [5, 5.41) is 3.37. The van der Waals surface area contributed by atoms with E-state index in [9.17, 15) is 0 Å². The molecule has 1 unspecified atom stereocenters. The summed E-state index contributed by atoms with van der Waals surface area (Å²) in [4.78, 5) is 0. The second-order valence-corrected chi connectivity index (χ2v) is 4.73.